The third-order valence-corrected chi connectivity index (χ3v) is 11.3. The van der Waals surface area contributed by atoms with Crippen LogP contribution in [0.15, 0.2) is 48.5 Å². The number of carbonyl (C=O) groups excluding carboxylic acids is 2. The van der Waals surface area contributed by atoms with Crippen molar-refractivity contribution in [3.05, 3.63) is 86.4 Å². The molecule has 3 atom stereocenters. The van der Waals surface area contributed by atoms with Crippen molar-refractivity contribution >= 4 is 35.0 Å². The van der Waals surface area contributed by atoms with Gasteiger partial charge in [-0.25, -0.2) is 4.98 Å². The summed E-state index contributed by atoms with van der Waals surface area (Å²) in [6, 6.07) is 16.6. The number of hydrogen-bond acceptors (Lipinski definition) is 8. The lowest BCUT2D eigenvalue weighted by molar-refractivity contribution is -0.120. The quantitative estimate of drug-likeness (QED) is 0.121. The summed E-state index contributed by atoms with van der Waals surface area (Å²) in [6.07, 6.45) is 6.76. The number of carbonyl (C=O) groups is 2. The molecule has 2 fully saturated rings. The second-order valence-electron chi connectivity index (χ2n) is 14.1. The predicted molar refractivity (Wildman–Crippen MR) is 206 cm³/mol. The summed E-state index contributed by atoms with van der Waals surface area (Å²) >= 11 is 14.0. The second kappa shape index (κ2) is 16.3. The Labute approximate surface area is 320 Å². The van der Waals surface area contributed by atoms with Crippen molar-refractivity contribution in [3.63, 3.8) is 0 Å². The molecule has 7 rings (SSSR count). The molecule has 10 nitrogen and oxygen atoms in total. The van der Waals surface area contributed by atoms with Crippen LogP contribution in [0.25, 0.3) is 22.4 Å². The van der Waals surface area contributed by atoms with Crippen LogP contribution in [0.1, 0.15) is 78.9 Å². The summed E-state index contributed by atoms with van der Waals surface area (Å²) in [5.41, 5.74) is 8.70. The van der Waals surface area contributed by atoms with Crippen LogP contribution in [0.5, 0.6) is 17.6 Å². The number of aromatic nitrogens is 2. The number of hydrogen-bond donors (Lipinski definition) is 3. The van der Waals surface area contributed by atoms with E-state index in [0.29, 0.717) is 53.6 Å². The summed E-state index contributed by atoms with van der Waals surface area (Å²) in [6.45, 7) is 3.31. The lowest BCUT2D eigenvalue weighted by Gasteiger charge is -2.19. The lowest BCUT2D eigenvalue weighted by atomic mass is 9.94. The molecule has 2 amide bonds. The van der Waals surface area contributed by atoms with E-state index >= 15 is 0 Å². The number of rotatable bonds is 14. The molecule has 3 aliphatic rings. The highest BCUT2D eigenvalue weighted by Gasteiger charge is 2.29. The van der Waals surface area contributed by atoms with Gasteiger partial charge in [0.1, 0.15) is 11.1 Å². The standard InChI is InChI=1S/C41H45Cl2N5O5/c1-23-19-34(47-40(52-3)32(23)22-44-21-26-14-18-37(50)46-26)31-12-6-11-30(38(31)43)27-9-5-10-29-28(27)15-16-35(29)53-41-33(42)20-24(39(48-41)51-2)7-4-8-25-13-17-36(49)45-25/h5-6,9-12,19-20,25-26,35,44H,4,7-8,13-18,21-22H2,1-3H3,(H,45,49)(H,46,50)/t25-,26+,35+/m1/s1. The molecule has 2 aliphatic heterocycles. The van der Waals surface area contributed by atoms with Gasteiger partial charge in [-0.05, 0) is 86.3 Å². The first-order valence-electron chi connectivity index (χ1n) is 18.4. The fraction of sp³-hybridized carbons (Fsp3) is 0.415. The third kappa shape index (κ3) is 8.10. The molecule has 53 heavy (non-hydrogen) atoms. The van der Waals surface area contributed by atoms with Gasteiger partial charge >= 0.3 is 0 Å². The Kier molecular flexibility index (Phi) is 11.4. The van der Waals surface area contributed by atoms with Crippen LogP contribution in [0.2, 0.25) is 10.0 Å². The fourth-order valence-electron chi connectivity index (χ4n) is 7.82. The largest absolute Gasteiger partial charge is 0.481 e. The van der Waals surface area contributed by atoms with Gasteiger partial charge in [-0.15, -0.1) is 0 Å². The third-order valence-electron chi connectivity index (χ3n) is 10.6. The first-order chi connectivity index (χ1) is 25.7. The number of halogens is 2. The molecule has 0 bridgehead atoms. The molecule has 2 aromatic carbocycles. The number of fused-ring (bicyclic) bond motifs is 1. The van der Waals surface area contributed by atoms with E-state index in [0.717, 1.165) is 89.6 Å². The number of nitrogens with zero attached hydrogens (tertiary/aromatic N) is 2. The van der Waals surface area contributed by atoms with Crippen molar-refractivity contribution in [1.82, 2.24) is 25.9 Å². The minimum Gasteiger partial charge on any atom is -0.481 e. The maximum atomic E-state index is 11.6. The Hall–Kier alpha value is -4.38. The van der Waals surface area contributed by atoms with E-state index in [-0.39, 0.29) is 30.0 Å². The van der Waals surface area contributed by atoms with E-state index in [2.05, 4.69) is 28.1 Å². The summed E-state index contributed by atoms with van der Waals surface area (Å²) < 4.78 is 17.9. The molecule has 0 unspecified atom stereocenters. The number of pyridine rings is 2. The number of nitrogens with one attached hydrogen (secondary N) is 3. The van der Waals surface area contributed by atoms with Gasteiger partial charge in [-0.2, -0.15) is 4.98 Å². The highest BCUT2D eigenvalue weighted by atomic mass is 35.5. The number of ether oxygens (including phenoxy) is 3. The zero-order valence-corrected chi connectivity index (χ0v) is 31.8. The molecule has 278 valence electrons. The van der Waals surface area contributed by atoms with Crippen molar-refractivity contribution in [2.24, 2.45) is 0 Å². The number of benzene rings is 2. The molecule has 4 aromatic rings. The topological polar surface area (TPSA) is 124 Å². The van der Waals surface area contributed by atoms with Crippen LogP contribution >= 0.6 is 23.2 Å². The van der Waals surface area contributed by atoms with E-state index in [9.17, 15) is 9.59 Å². The first kappa shape index (κ1) is 37.0. The Balaban J connectivity index is 1.08. The molecule has 0 saturated carbocycles. The van der Waals surface area contributed by atoms with Crippen molar-refractivity contribution in [2.75, 3.05) is 20.8 Å². The van der Waals surface area contributed by atoms with E-state index in [1.165, 1.54) is 5.56 Å². The van der Waals surface area contributed by atoms with Crippen molar-refractivity contribution in [2.45, 2.75) is 89.4 Å². The van der Waals surface area contributed by atoms with Gasteiger partial charge in [-0.1, -0.05) is 59.6 Å². The Morgan fingerprint density at radius 2 is 1.55 bits per heavy atom. The highest BCUT2D eigenvalue weighted by Crippen LogP contribution is 2.45. The zero-order valence-electron chi connectivity index (χ0n) is 30.3. The molecular weight excluding hydrogens is 713 g/mol. The van der Waals surface area contributed by atoms with E-state index in [4.69, 9.17) is 47.4 Å². The summed E-state index contributed by atoms with van der Waals surface area (Å²) in [5, 5.41) is 10.5. The van der Waals surface area contributed by atoms with Crippen molar-refractivity contribution in [3.8, 4) is 40.0 Å². The van der Waals surface area contributed by atoms with Crippen LogP contribution in [0, 0.1) is 6.92 Å². The van der Waals surface area contributed by atoms with E-state index in [1.807, 2.05) is 43.3 Å². The van der Waals surface area contributed by atoms with Crippen molar-refractivity contribution in [1.29, 1.82) is 0 Å². The van der Waals surface area contributed by atoms with Gasteiger partial charge in [0, 0.05) is 60.3 Å². The van der Waals surface area contributed by atoms with Crippen LogP contribution < -0.4 is 30.2 Å². The molecule has 0 spiro atoms. The van der Waals surface area contributed by atoms with E-state index in [1.54, 1.807) is 14.2 Å². The summed E-state index contributed by atoms with van der Waals surface area (Å²) in [5.74, 6) is 1.62. The zero-order chi connectivity index (χ0) is 37.1. The van der Waals surface area contributed by atoms with Gasteiger partial charge < -0.3 is 30.2 Å². The Bertz CT molecular complexity index is 2020. The molecule has 12 heteroatoms. The number of aryl methyl sites for hydroxylation is 2. The average Bonchev–Trinajstić information content (AvgIpc) is 3.89. The first-order valence-corrected chi connectivity index (χ1v) is 19.1. The molecule has 1 aliphatic carbocycles. The minimum absolute atomic E-state index is 0.106. The molecule has 2 aromatic heterocycles. The Morgan fingerprint density at radius 3 is 2.28 bits per heavy atom. The van der Waals surface area contributed by atoms with Crippen LogP contribution in [-0.4, -0.2) is 54.6 Å². The van der Waals surface area contributed by atoms with Gasteiger partial charge in [0.25, 0.3) is 0 Å². The maximum absolute atomic E-state index is 11.6. The van der Waals surface area contributed by atoms with Crippen molar-refractivity contribution < 1.29 is 23.8 Å². The van der Waals surface area contributed by atoms with Crippen LogP contribution in [0.3, 0.4) is 0 Å². The predicted octanol–water partition coefficient (Wildman–Crippen LogP) is 7.48. The van der Waals surface area contributed by atoms with Gasteiger partial charge in [0.2, 0.25) is 29.5 Å². The Morgan fingerprint density at radius 1 is 0.830 bits per heavy atom. The molecule has 0 radical (unpaired) electrons. The smallest absolute Gasteiger partial charge is 0.236 e. The molecular formula is C41H45Cl2N5O5. The molecule has 3 N–H and O–H groups in total. The second-order valence-corrected chi connectivity index (χ2v) is 14.9. The monoisotopic (exact) mass is 757 g/mol. The van der Waals surface area contributed by atoms with Gasteiger partial charge in [-0.3, -0.25) is 9.59 Å². The summed E-state index contributed by atoms with van der Waals surface area (Å²) in [7, 11) is 3.24. The molecule has 4 heterocycles. The minimum atomic E-state index is -0.238. The van der Waals surface area contributed by atoms with Gasteiger partial charge in [0.15, 0.2) is 0 Å². The molecule has 2 saturated heterocycles. The summed E-state index contributed by atoms with van der Waals surface area (Å²) in [4.78, 5) is 32.7. The maximum Gasteiger partial charge on any atom is 0.236 e. The fourth-order valence-corrected chi connectivity index (χ4v) is 8.37. The number of amides is 2. The highest BCUT2D eigenvalue weighted by molar-refractivity contribution is 6.36. The van der Waals surface area contributed by atoms with Crippen LogP contribution in [0.4, 0.5) is 0 Å². The average molecular weight is 759 g/mol. The lowest BCUT2D eigenvalue weighted by Crippen LogP contribution is -2.35. The van der Waals surface area contributed by atoms with Gasteiger partial charge in [0.05, 0.1) is 24.9 Å². The van der Waals surface area contributed by atoms with Crippen LogP contribution in [-0.2, 0) is 29.0 Å². The normalized spacial score (nSPS) is 19.2. The van der Waals surface area contributed by atoms with E-state index < -0.39 is 0 Å². The SMILES string of the molecule is COc1nc(O[C@H]2CCc3c(-c4cccc(-c5cc(C)c(CNC[C@@H]6CCC(=O)N6)c(OC)n5)c4Cl)cccc32)c(Cl)cc1CCC[C@@H]1CCC(=O)N1. The number of methoxy groups -OCH3 is 2.